The molecular formula is C100H125Cl2N13O27P+. The van der Waals surface area contributed by atoms with E-state index in [2.05, 4.69) is 75.7 Å². The minimum Gasteiger partial charge on any atom is -0.508 e. The van der Waals surface area contributed by atoms with Gasteiger partial charge in [-0.1, -0.05) is 106 Å². The molecule has 0 aromatic heterocycles. The summed E-state index contributed by atoms with van der Waals surface area (Å²) in [6.45, 7) is 6.53. The number of nitrogens with zero attached hydrogens (tertiary/aromatic N) is 4. The zero-order chi connectivity index (χ0) is 102. The van der Waals surface area contributed by atoms with Gasteiger partial charge in [0.25, 0.3) is 0 Å². The van der Waals surface area contributed by atoms with E-state index in [1.54, 1.807) is 26.2 Å². The molecule has 143 heavy (non-hydrogen) atoms. The van der Waals surface area contributed by atoms with Crippen LogP contribution in [0.1, 0.15) is 185 Å². The van der Waals surface area contributed by atoms with E-state index in [-0.39, 0.29) is 75.4 Å². The molecule has 40 nitrogen and oxygen atoms in total. The number of hydrogen-bond acceptors (Lipinski definition) is 32. The van der Waals surface area contributed by atoms with Crippen LogP contribution in [0.3, 0.4) is 0 Å². The molecule has 43 heteroatoms. The molecule has 20 N–H and O–H groups in total. The third-order valence-electron chi connectivity index (χ3n) is 27.3. The van der Waals surface area contributed by atoms with Crippen LogP contribution in [0.25, 0.3) is 11.1 Å². The molecule has 770 valence electrons. The Hall–Kier alpha value is -11.1. The maximum absolute atomic E-state index is 17.4. The van der Waals surface area contributed by atoms with Crippen LogP contribution in [0.5, 0.6) is 69.0 Å². The van der Waals surface area contributed by atoms with E-state index in [9.17, 15) is 61.0 Å². The number of aromatic hydroxyl groups is 3. The lowest BCUT2D eigenvalue weighted by Crippen LogP contribution is -2.65. The van der Waals surface area contributed by atoms with Gasteiger partial charge in [0, 0.05) is 87.5 Å². The summed E-state index contributed by atoms with van der Waals surface area (Å²) in [4.78, 5) is 131. The molecule has 11 aliphatic heterocycles. The molecule has 11 aliphatic rings. The number of phenolic OH excluding ortho intramolecular Hbond substituents is 3. The average Bonchev–Trinajstić information content (AvgIpc) is 1.69. The van der Waals surface area contributed by atoms with Crippen molar-refractivity contribution in [2.75, 3.05) is 86.7 Å². The molecule has 18 atom stereocenters. The highest BCUT2D eigenvalue weighted by Gasteiger charge is 2.63. The molecule has 0 aliphatic carbocycles. The summed E-state index contributed by atoms with van der Waals surface area (Å²) in [5, 5.41) is 154. The van der Waals surface area contributed by atoms with Crippen molar-refractivity contribution in [3.63, 3.8) is 0 Å². The zero-order valence-electron chi connectivity index (χ0n) is 79.8. The Morgan fingerprint density at radius 3 is 1.77 bits per heavy atom. The number of carbonyl (C=O) groups excluding carboxylic acids is 8. The number of carbonyl (C=O) groups is 8. The number of halogens is 2. The average molecular weight is 2040 g/mol. The monoisotopic (exact) mass is 2040 g/mol. The minimum absolute atomic E-state index is 0.0592. The van der Waals surface area contributed by atoms with Crippen LogP contribution >= 0.6 is 31.1 Å². The largest absolute Gasteiger partial charge is 0.508 e. The number of likely N-dealkylation sites (N-methyl/N-ethyl adjacent to an activating group) is 1. The van der Waals surface area contributed by atoms with Crippen molar-refractivity contribution in [3.8, 4) is 80.1 Å². The Morgan fingerprint density at radius 2 is 1.12 bits per heavy atom. The molecule has 5 fully saturated rings. The van der Waals surface area contributed by atoms with Gasteiger partial charge in [-0.3, -0.25) is 42.9 Å². The van der Waals surface area contributed by atoms with Gasteiger partial charge < -0.3 is 142 Å². The molecule has 7 aromatic rings. The van der Waals surface area contributed by atoms with Crippen LogP contribution in [-0.4, -0.2) is 282 Å². The first-order chi connectivity index (χ1) is 68.7. The van der Waals surface area contributed by atoms with Crippen molar-refractivity contribution in [1.82, 2.24) is 66.8 Å². The first-order valence-electron chi connectivity index (χ1n) is 48.7. The number of aliphatic hydroxyl groups is 8. The van der Waals surface area contributed by atoms with E-state index < -0.39 is 246 Å². The SMILES string of the molecule is CN[C@H]1C(=O)N[C@@H]2Cc3ccc(cc3)Oc3cc4cc(c3O[C@@H]3O[C@H](CO)[C@@H](O)[C@H](O)[C@H]3NC(=O)CCCCCCCCC(C)C)Oc3ccc(cc3Cl)[C@@H](O)[C@@H]3NC(=O)[C@H](NC(=O)[C@@H]4NC(=O)[C@@H](NC2=O)c2cc(cc(O[P+](N4CCCC4)(N4CCCC4)N4CCCC4)c2Cl)Oc2cc1ccc2O)c1ccc(O)c(c1)-c1c(O[C@H]2O[C@H](CO)[C@@H](O)[C@H](O)[C@@H]2O)cc(O)cc1[C@H](C(=O)NCCCN(C)C)NC3=O. The summed E-state index contributed by atoms with van der Waals surface area (Å²) in [6, 6.07) is 8.33. The first kappa shape index (κ1) is 105. The Morgan fingerprint density at radius 1 is 0.531 bits per heavy atom. The van der Waals surface area contributed by atoms with Crippen molar-refractivity contribution in [2.24, 2.45) is 5.92 Å². The van der Waals surface area contributed by atoms with E-state index >= 15 is 33.6 Å². The fourth-order valence-electron chi connectivity index (χ4n) is 19.7. The maximum atomic E-state index is 17.4. The van der Waals surface area contributed by atoms with Gasteiger partial charge in [0.15, 0.2) is 23.0 Å². The second-order valence-electron chi connectivity index (χ2n) is 38.2. The molecule has 5 saturated heterocycles. The summed E-state index contributed by atoms with van der Waals surface area (Å²) in [7, 11) is 1.87. The predicted octanol–water partition coefficient (Wildman–Crippen LogP) is 6.71. The minimum atomic E-state index is -3.20. The van der Waals surface area contributed by atoms with Gasteiger partial charge in [0.05, 0.1) is 23.3 Å². The molecule has 0 spiro atoms. The lowest BCUT2D eigenvalue weighted by atomic mass is 9.89. The number of aliphatic hydroxyl groups excluding tert-OH is 8. The number of hydrogen-bond donors (Lipinski definition) is 20. The smallest absolute Gasteiger partial charge is 0.417 e. The van der Waals surface area contributed by atoms with E-state index in [0.29, 0.717) is 76.6 Å². The highest BCUT2D eigenvalue weighted by atomic mass is 35.5. The van der Waals surface area contributed by atoms with Crippen LogP contribution in [0.15, 0.2) is 115 Å². The van der Waals surface area contributed by atoms with E-state index in [4.69, 9.17) is 60.9 Å². The van der Waals surface area contributed by atoms with Crippen molar-refractivity contribution < 1.29 is 132 Å². The number of phenols is 3. The molecule has 0 saturated carbocycles. The summed E-state index contributed by atoms with van der Waals surface area (Å²) < 4.78 is 61.1. The Kier molecular flexibility index (Phi) is 33.8. The van der Waals surface area contributed by atoms with Crippen LogP contribution < -0.4 is 76.1 Å². The quantitative estimate of drug-likeness (QED) is 0.0188. The molecule has 17 bridgehead atoms. The lowest BCUT2D eigenvalue weighted by molar-refractivity contribution is -0.277. The molecule has 0 unspecified atom stereocenters. The third kappa shape index (κ3) is 23.2. The summed E-state index contributed by atoms with van der Waals surface area (Å²) in [5.74, 6) is -13.3. The number of fused-ring (bicyclic) bond motifs is 14. The van der Waals surface area contributed by atoms with Gasteiger partial charge in [-0.2, -0.15) is 0 Å². The highest BCUT2D eigenvalue weighted by Crippen LogP contribution is 2.71. The molecular weight excluding hydrogens is 1920 g/mol. The summed E-state index contributed by atoms with van der Waals surface area (Å²) in [6.07, 6.45) is -8.83. The molecule has 11 heterocycles. The fraction of sp³-hybridized carbons (Fsp3) is 0.500. The van der Waals surface area contributed by atoms with E-state index in [0.717, 1.165) is 113 Å². The molecule has 18 rings (SSSR count). The number of unbranched alkanes of at least 4 members (excludes halogenated alkanes) is 5. The molecule has 0 radical (unpaired) electrons. The first-order valence-corrected chi connectivity index (χ1v) is 51.0. The lowest BCUT2D eigenvalue weighted by Gasteiger charge is -2.42. The number of rotatable bonds is 27. The second-order valence-corrected chi connectivity index (χ2v) is 41.9. The normalized spacial score (nSPS) is 26.6. The van der Waals surface area contributed by atoms with Gasteiger partial charge in [0.2, 0.25) is 71.3 Å². The third-order valence-corrected chi connectivity index (χ3v) is 31.9. The van der Waals surface area contributed by atoms with Gasteiger partial charge in [0.1, 0.15) is 132 Å². The van der Waals surface area contributed by atoms with Crippen molar-refractivity contribution in [2.45, 2.75) is 226 Å². The number of amides is 8. The Balaban J connectivity index is 0.927. The van der Waals surface area contributed by atoms with Gasteiger partial charge >= 0.3 is 7.94 Å². The van der Waals surface area contributed by atoms with Crippen molar-refractivity contribution >= 4 is 78.4 Å². The number of ether oxygens (including phenoxy) is 7. The van der Waals surface area contributed by atoms with Crippen LogP contribution in [0, 0.1) is 5.92 Å². The Bertz CT molecular complexity index is 5760. The van der Waals surface area contributed by atoms with E-state index in [1.807, 2.05) is 4.90 Å². The predicted molar refractivity (Wildman–Crippen MR) is 520 cm³/mol. The highest BCUT2D eigenvalue weighted by molar-refractivity contribution is 7.64. The van der Waals surface area contributed by atoms with Crippen LogP contribution in [0.2, 0.25) is 10.0 Å². The van der Waals surface area contributed by atoms with Crippen LogP contribution in [-0.2, 0) is 54.3 Å². The standard InChI is InChI=1S/C100H124Cl2N13O27P/c1-51(2)19-10-8-6-7-9-11-20-75(121)106-84-88(125)86(123)73(49-116)139-99(84)141-91-71-43-56-44-72(91)137-67-30-25-55(41-63(67)101)85(122)83-98(134)110-81(93(129)104-31-18-32-112(4)5)61-45-57(118)46-69(138-100-90(127)89(126)87(124)74(50-117)140-100)76(61)60-40-53(23-28-65(60)119)79(95(131)111-83)107-96(132)80(56)108-97(133)82-62-47-59(48-70(77(62)102)142-143(113-33-12-13-34-113,114-35-14-15-36-114)115-37-16-17-38-115)136-68-42-54(24-29-66(68)120)78(103-3)94(130)105-64(92(128)109-82)39-52-21-26-58(135-71)27-22-52/h21-30,40-48,51,64,73-74,78-90,99-100,103,116-117,122-127H,6-20,31-39,49-50H2,1-5H3,(H10-,104,105,106,107,108,109,110,111,118,119,120,121,128,129,130,131,132,133,134)/p+1/t64-,73-,74-,78-,79-,80-,81-,82+,83+,84-,85-,86-,87-,88-,89+,90+,99+,100+/m1/s1. The molecule has 8 amide bonds. The number of benzene rings is 7. The van der Waals surface area contributed by atoms with Crippen molar-refractivity contribution in [1.29, 1.82) is 0 Å². The zero-order valence-corrected chi connectivity index (χ0v) is 82.2. The number of nitrogens with one attached hydrogen (secondary N) is 9. The summed E-state index contributed by atoms with van der Waals surface area (Å²) in [5.41, 5.74) is -2.01. The van der Waals surface area contributed by atoms with Crippen molar-refractivity contribution in [3.05, 3.63) is 164 Å². The van der Waals surface area contributed by atoms with Gasteiger partial charge in [-0.05, 0) is 191 Å². The summed E-state index contributed by atoms with van der Waals surface area (Å²) >= 11 is 15.5. The topological polar surface area (TPSA) is 554 Å². The fourth-order valence-corrected chi connectivity index (χ4v) is 24.5. The van der Waals surface area contributed by atoms with Gasteiger partial charge in [-0.15, -0.1) is 14.0 Å². The second kappa shape index (κ2) is 46.1. The van der Waals surface area contributed by atoms with E-state index in [1.165, 1.54) is 67.7 Å². The van der Waals surface area contributed by atoms with Gasteiger partial charge in [-0.25, -0.2) is 0 Å². The maximum Gasteiger partial charge on any atom is 0.417 e. The molecule has 7 aromatic carbocycles. The van der Waals surface area contributed by atoms with Crippen LogP contribution in [0.4, 0.5) is 0 Å². The Labute approximate surface area is 836 Å².